The molecule has 8 rings (SSSR count). The van der Waals surface area contributed by atoms with Gasteiger partial charge in [0.25, 0.3) is 11.8 Å². The maximum atomic E-state index is 14.3. The molecule has 0 spiro atoms. The highest BCUT2D eigenvalue weighted by Crippen LogP contribution is 2.50. The van der Waals surface area contributed by atoms with E-state index in [-0.39, 0.29) is 17.4 Å². The number of carbonyl (C=O) groups is 3. The fourth-order valence-electron chi connectivity index (χ4n) is 7.66. The van der Waals surface area contributed by atoms with E-state index in [0.717, 1.165) is 47.5 Å². The van der Waals surface area contributed by atoms with E-state index < -0.39 is 17.8 Å². The molecule has 8 nitrogen and oxygen atoms in total. The Morgan fingerprint density at radius 3 is 1.98 bits per heavy atom. The maximum absolute atomic E-state index is 14.3. The zero-order chi connectivity index (χ0) is 35.8. The third-order valence-electron chi connectivity index (χ3n) is 10.2. The Hall–Kier alpha value is -5.86. The summed E-state index contributed by atoms with van der Waals surface area (Å²) in [5.74, 6) is -0.380. The molecule has 0 radical (unpaired) electrons. The van der Waals surface area contributed by atoms with Crippen LogP contribution in [-0.4, -0.2) is 38.0 Å². The van der Waals surface area contributed by atoms with Crippen molar-refractivity contribution >= 4 is 46.9 Å². The number of nitrogens with zero attached hydrogens (tertiary/aromatic N) is 2. The molecule has 5 aromatic carbocycles. The Kier molecular flexibility index (Phi) is 8.99. The molecular formula is C43H36ClN3O5. The van der Waals surface area contributed by atoms with Gasteiger partial charge in [-0.15, -0.1) is 0 Å². The Labute approximate surface area is 307 Å². The van der Waals surface area contributed by atoms with Gasteiger partial charge >= 0.3 is 6.03 Å². The van der Waals surface area contributed by atoms with Gasteiger partial charge in [0.05, 0.1) is 12.8 Å². The Morgan fingerprint density at radius 2 is 1.38 bits per heavy atom. The first-order valence-electron chi connectivity index (χ1n) is 17.4. The molecule has 1 N–H and O–H groups in total. The molecule has 1 saturated heterocycles. The van der Waals surface area contributed by atoms with Crippen LogP contribution < -0.4 is 24.6 Å². The second-order valence-corrected chi connectivity index (χ2v) is 13.7. The Balaban J connectivity index is 1.17. The first kappa shape index (κ1) is 33.3. The number of hydrogen-bond acceptors (Lipinski definition) is 6. The number of benzene rings is 5. The van der Waals surface area contributed by atoms with Crippen molar-refractivity contribution in [3.63, 3.8) is 0 Å². The molecule has 2 atom stereocenters. The van der Waals surface area contributed by atoms with E-state index in [1.165, 1.54) is 30.0 Å². The second kappa shape index (κ2) is 14.0. The number of methoxy groups -OCH3 is 1. The fraction of sp³-hybridized carbons (Fsp3) is 0.186. The summed E-state index contributed by atoms with van der Waals surface area (Å²) in [6.07, 6.45) is 3.29. The lowest BCUT2D eigenvalue weighted by Gasteiger charge is -2.44. The summed E-state index contributed by atoms with van der Waals surface area (Å²) in [6.45, 7) is 2.13. The molecule has 3 aliphatic heterocycles. The number of urea groups is 1. The quantitative estimate of drug-likeness (QED) is 0.129. The molecule has 0 bridgehead atoms. The Bertz CT molecular complexity index is 2130. The summed E-state index contributed by atoms with van der Waals surface area (Å²) in [4.78, 5) is 44.7. The van der Waals surface area contributed by atoms with Crippen molar-refractivity contribution in [2.75, 3.05) is 30.0 Å². The van der Waals surface area contributed by atoms with Gasteiger partial charge in [-0.2, -0.15) is 0 Å². The third-order valence-corrected chi connectivity index (χ3v) is 10.4. The number of hydrogen-bond donors (Lipinski definition) is 1. The van der Waals surface area contributed by atoms with Crippen LogP contribution in [0.25, 0.3) is 6.08 Å². The number of amides is 4. The predicted octanol–water partition coefficient (Wildman–Crippen LogP) is 8.47. The normalized spacial score (nSPS) is 19.0. The van der Waals surface area contributed by atoms with Gasteiger partial charge in [0.2, 0.25) is 0 Å². The van der Waals surface area contributed by atoms with Gasteiger partial charge < -0.3 is 14.4 Å². The van der Waals surface area contributed by atoms with Crippen LogP contribution in [-0.2, 0) is 16.2 Å². The molecule has 0 aromatic heterocycles. The van der Waals surface area contributed by atoms with E-state index in [9.17, 15) is 14.4 Å². The van der Waals surface area contributed by atoms with E-state index in [2.05, 4.69) is 34.5 Å². The van der Waals surface area contributed by atoms with Crippen molar-refractivity contribution in [2.24, 2.45) is 0 Å². The highest BCUT2D eigenvalue weighted by atomic mass is 35.5. The zero-order valence-corrected chi connectivity index (χ0v) is 29.3. The van der Waals surface area contributed by atoms with E-state index in [4.69, 9.17) is 21.1 Å². The summed E-state index contributed by atoms with van der Waals surface area (Å²) in [5.41, 5.74) is 7.43. The van der Waals surface area contributed by atoms with Crippen LogP contribution in [0.4, 0.5) is 16.2 Å². The van der Waals surface area contributed by atoms with Crippen molar-refractivity contribution in [3.8, 4) is 11.5 Å². The van der Waals surface area contributed by atoms with Gasteiger partial charge in [-0.05, 0) is 88.7 Å². The number of nitrogens with one attached hydrogen (secondary N) is 1. The van der Waals surface area contributed by atoms with Crippen LogP contribution in [0.5, 0.6) is 11.5 Å². The first-order valence-corrected chi connectivity index (χ1v) is 17.7. The molecule has 0 saturated carbocycles. The van der Waals surface area contributed by atoms with Gasteiger partial charge in [-0.1, -0.05) is 90.5 Å². The van der Waals surface area contributed by atoms with Gasteiger partial charge in [0, 0.05) is 35.6 Å². The van der Waals surface area contributed by atoms with Crippen molar-refractivity contribution in [2.45, 2.75) is 31.3 Å². The highest BCUT2D eigenvalue weighted by molar-refractivity contribution is 6.39. The number of carbonyl (C=O) groups excluding carboxylic acids is 3. The summed E-state index contributed by atoms with van der Waals surface area (Å²) >= 11 is 6.01. The SMILES string of the molecule is COc1cc(/C=C2\C(=O)NC(=O)N(c3cc4c5c(c3)[C@H](c3ccccc3)CCN5CC[C@@H]4c3ccccc3)C2=O)ccc1OCc1ccc(Cl)cc1. The second-order valence-electron chi connectivity index (χ2n) is 13.2. The zero-order valence-electron chi connectivity index (χ0n) is 28.6. The third kappa shape index (κ3) is 6.31. The van der Waals surface area contributed by atoms with Crippen molar-refractivity contribution in [1.29, 1.82) is 0 Å². The molecular weight excluding hydrogens is 674 g/mol. The topological polar surface area (TPSA) is 88.2 Å². The number of barbiturate groups is 1. The average molecular weight is 710 g/mol. The number of anilines is 2. The molecule has 4 amide bonds. The molecule has 0 aliphatic carbocycles. The summed E-state index contributed by atoms with van der Waals surface area (Å²) in [5, 5.41) is 3.06. The van der Waals surface area contributed by atoms with Crippen LogP contribution >= 0.6 is 11.6 Å². The number of halogens is 1. The van der Waals surface area contributed by atoms with Crippen LogP contribution in [0.1, 0.15) is 58.1 Å². The smallest absolute Gasteiger partial charge is 0.335 e. The van der Waals surface area contributed by atoms with Gasteiger partial charge in [-0.25, -0.2) is 9.69 Å². The minimum Gasteiger partial charge on any atom is -0.493 e. The summed E-state index contributed by atoms with van der Waals surface area (Å²) in [7, 11) is 1.52. The van der Waals surface area contributed by atoms with Crippen LogP contribution in [0, 0.1) is 0 Å². The lowest BCUT2D eigenvalue weighted by Crippen LogP contribution is -2.54. The van der Waals surface area contributed by atoms with Crippen molar-refractivity contribution in [1.82, 2.24) is 5.32 Å². The highest BCUT2D eigenvalue weighted by Gasteiger charge is 2.40. The van der Waals surface area contributed by atoms with Crippen molar-refractivity contribution in [3.05, 3.63) is 159 Å². The van der Waals surface area contributed by atoms with Crippen LogP contribution in [0.2, 0.25) is 5.02 Å². The minimum absolute atomic E-state index is 0.0770. The standard InChI is InChI=1S/C43H36ClN3O5/c1-51-39-23-28(14-17-38(39)52-26-27-12-15-31(44)16-13-27)22-37-41(48)45-43(50)47(42(37)49)32-24-35-33(29-8-4-2-5-9-29)18-20-46-21-19-34(36(25-32)40(35)46)30-10-6-3-7-11-30/h2-17,22-25,33-34H,18-21,26H2,1H3,(H,45,48,50)/b37-22+/t33-,34+. The maximum Gasteiger partial charge on any atom is 0.335 e. The predicted molar refractivity (Wildman–Crippen MR) is 202 cm³/mol. The lowest BCUT2D eigenvalue weighted by atomic mass is 9.76. The minimum atomic E-state index is -0.779. The molecule has 9 heteroatoms. The molecule has 52 heavy (non-hydrogen) atoms. The molecule has 0 unspecified atom stereocenters. The fourth-order valence-corrected chi connectivity index (χ4v) is 7.79. The molecule has 1 fully saturated rings. The van der Waals surface area contributed by atoms with Crippen LogP contribution in [0.3, 0.4) is 0 Å². The van der Waals surface area contributed by atoms with Crippen molar-refractivity contribution < 1.29 is 23.9 Å². The number of rotatable bonds is 8. The van der Waals surface area contributed by atoms with E-state index in [0.29, 0.717) is 34.4 Å². The van der Waals surface area contributed by atoms with Crippen LogP contribution in [0.15, 0.2) is 121 Å². The average Bonchev–Trinajstić information content (AvgIpc) is 3.17. The number of ether oxygens (including phenoxy) is 2. The monoisotopic (exact) mass is 709 g/mol. The van der Waals surface area contributed by atoms with E-state index in [1.807, 2.05) is 60.7 Å². The van der Waals surface area contributed by atoms with Gasteiger partial charge in [-0.3, -0.25) is 14.9 Å². The molecule has 5 aromatic rings. The van der Waals surface area contributed by atoms with Gasteiger partial charge in [0.15, 0.2) is 11.5 Å². The molecule has 3 aliphatic rings. The Morgan fingerprint density at radius 1 is 0.769 bits per heavy atom. The van der Waals surface area contributed by atoms with Gasteiger partial charge in [0.1, 0.15) is 12.2 Å². The summed E-state index contributed by atoms with van der Waals surface area (Å²) in [6, 6.07) is 36.4. The molecule has 260 valence electrons. The first-order chi connectivity index (χ1) is 25.4. The molecule has 3 heterocycles. The largest absolute Gasteiger partial charge is 0.493 e. The lowest BCUT2D eigenvalue weighted by molar-refractivity contribution is -0.122. The number of imide groups is 2. The summed E-state index contributed by atoms with van der Waals surface area (Å²) < 4.78 is 11.6. The van der Waals surface area contributed by atoms with E-state index in [1.54, 1.807) is 30.3 Å². The van der Waals surface area contributed by atoms with E-state index >= 15 is 0 Å².